The molecule has 1 aromatic heterocycles. The summed E-state index contributed by atoms with van der Waals surface area (Å²) in [6.45, 7) is 15.2. The number of H-pyrrole nitrogens is 1. The van der Waals surface area contributed by atoms with E-state index in [1.54, 1.807) is 10.9 Å². The van der Waals surface area contributed by atoms with Gasteiger partial charge in [0.15, 0.2) is 0 Å². The number of aromatic nitrogens is 2. The fraction of sp³-hybridized carbons (Fsp3) is 0.630. The number of carbonyl (C=O) groups excluding carboxylic acids is 1. The lowest BCUT2D eigenvalue weighted by Gasteiger charge is -2.25. The smallest absolute Gasteiger partial charge is 0.271 e. The van der Waals surface area contributed by atoms with Crippen molar-refractivity contribution in [3.63, 3.8) is 0 Å². The first kappa shape index (κ1) is 26.9. The number of rotatable bonds is 10. The van der Waals surface area contributed by atoms with E-state index in [1.807, 2.05) is 34.6 Å². The summed E-state index contributed by atoms with van der Waals surface area (Å²) in [7, 11) is 0. The number of aryl methyl sites for hydroxylation is 1. The Hall–Kier alpha value is -2.34. The van der Waals surface area contributed by atoms with Gasteiger partial charge in [0, 0.05) is 26.9 Å². The monoisotopic (exact) mass is 457 g/mol. The maximum atomic E-state index is 12.8. The number of amides is 1. The van der Waals surface area contributed by atoms with Gasteiger partial charge in [-0.1, -0.05) is 45.9 Å². The lowest BCUT2D eigenvalue weighted by molar-refractivity contribution is 0.0943. The van der Waals surface area contributed by atoms with Crippen LogP contribution in [0, 0.1) is 22.7 Å². The Bertz CT molecular complexity index is 870. The molecule has 3 atom stereocenters. The standard InChI is InChI=1S/C25H39N5O.C2H6.H2/c1-5-20(10-7-9-19(4)21-13-25(21)11-8-12-27-17-25)15-28-24(31)23-22(6-2)29-30(23)16-18(3)14-26;1-2;/h5,7,10,14,16,19,21,26-27,29H,6,8-9,11-13,15,17H2,1-4H3,(H,28,31);1-2H3;1H/b10-7-,18-16-,20-5+,26-14?;;. The van der Waals surface area contributed by atoms with Gasteiger partial charge in [-0.3, -0.25) is 14.6 Å². The average Bonchev–Trinajstić information content (AvgIpc) is 3.52. The second-order valence-electron chi connectivity index (χ2n) is 9.29. The molecular formula is C27H47N5O. The van der Waals surface area contributed by atoms with Gasteiger partial charge in [0.25, 0.3) is 5.91 Å². The molecule has 1 saturated carbocycles. The fourth-order valence-electron chi connectivity index (χ4n) is 4.96. The summed E-state index contributed by atoms with van der Waals surface area (Å²) >= 11 is 0. The molecule has 0 aromatic carbocycles. The summed E-state index contributed by atoms with van der Waals surface area (Å²) in [5, 5.41) is 17.1. The molecule has 1 aliphatic heterocycles. The molecule has 1 amide bonds. The van der Waals surface area contributed by atoms with Gasteiger partial charge in [0.05, 0.1) is 5.69 Å². The highest BCUT2D eigenvalue weighted by atomic mass is 16.2. The van der Waals surface area contributed by atoms with Gasteiger partial charge >= 0.3 is 0 Å². The number of piperidine rings is 1. The van der Waals surface area contributed by atoms with E-state index in [1.165, 1.54) is 38.6 Å². The first-order valence-electron chi connectivity index (χ1n) is 12.7. The summed E-state index contributed by atoms with van der Waals surface area (Å²) in [6, 6.07) is 0. The van der Waals surface area contributed by atoms with Gasteiger partial charge in [-0.05, 0) is 80.9 Å². The van der Waals surface area contributed by atoms with Crippen LogP contribution in [0.5, 0.6) is 0 Å². The molecule has 3 rings (SSSR count). The summed E-state index contributed by atoms with van der Waals surface area (Å²) < 4.78 is 1.70. The van der Waals surface area contributed by atoms with Crippen LogP contribution in [0.25, 0.3) is 6.20 Å². The summed E-state index contributed by atoms with van der Waals surface area (Å²) in [4.78, 5) is 12.8. The number of carbonyl (C=O) groups is 1. The van der Waals surface area contributed by atoms with Crippen LogP contribution >= 0.6 is 0 Å². The quantitative estimate of drug-likeness (QED) is 0.264. The highest BCUT2D eigenvalue weighted by molar-refractivity contribution is 5.95. The summed E-state index contributed by atoms with van der Waals surface area (Å²) in [5.74, 6) is 1.47. The molecule has 0 bridgehead atoms. The van der Waals surface area contributed by atoms with Gasteiger partial charge in [-0.2, -0.15) is 0 Å². The predicted molar refractivity (Wildman–Crippen MR) is 142 cm³/mol. The maximum Gasteiger partial charge on any atom is 0.271 e. The Morgan fingerprint density at radius 3 is 2.79 bits per heavy atom. The van der Waals surface area contributed by atoms with Crippen molar-refractivity contribution in [2.75, 3.05) is 19.6 Å². The Labute approximate surface area is 202 Å². The van der Waals surface area contributed by atoms with Crippen LogP contribution in [-0.4, -0.2) is 41.5 Å². The molecule has 1 spiro atoms. The van der Waals surface area contributed by atoms with Crippen LogP contribution in [0.4, 0.5) is 0 Å². The third-order valence-electron chi connectivity index (χ3n) is 7.02. The molecule has 6 nitrogen and oxygen atoms in total. The van der Waals surface area contributed by atoms with E-state index in [0.29, 0.717) is 23.6 Å². The third kappa shape index (κ3) is 6.83. The van der Waals surface area contributed by atoms with Crippen molar-refractivity contribution < 1.29 is 6.22 Å². The second-order valence-corrected chi connectivity index (χ2v) is 9.29. The van der Waals surface area contributed by atoms with Gasteiger partial charge in [0.1, 0.15) is 5.69 Å². The number of aromatic amines is 1. The Kier molecular flexibility index (Phi) is 10.4. The molecule has 3 unspecified atom stereocenters. The summed E-state index contributed by atoms with van der Waals surface area (Å²) in [6.07, 6.45) is 15.5. The lowest BCUT2D eigenvalue weighted by atomic mass is 9.88. The number of hydrogen-bond acceptors (Lipinski definition) is 3. The van der Waals surface area contributed by atoms with Crippen molar-refractivity contribution in [2.45, 2.75) is 73.6 Å². The molecule has 186 valence electrons. The van der Waals surface area contributed by atoms with E-state index in [4.69, 9.17) is 5.41 Å². The van der Waals surface area contributed by atoms with E-state index in [-0.39, 0.29) is 7.33 Å². The van der Waals surface area contributed by atoms with E-state index in [0.717, 1.165) is 35.6 Å². The molecule has 2 fully saturated rings. The van der Waals surface area contributed by atoms with Crippen LogP contribution < -0.4 is 10.6 Å². The minimum absolute atomic E-state index is 0. The van der Waals surface area contributed by atoms with Crippen molar-refractivity contribution in [3.8, 4) is 0 Å². The van der Waals surface area contributed by atoms with Crippen LogP contribution in [-0.2, 0) is 6.42 Å². The zero-order valence-electron chi connectivity index (χ0n) is 21.6. The highest BCUT2D eigenvalue weighted by Crippen LogP contribution is 2.60. The van der Waals surface area contributed by atoms with E-state index in [9.17, 15) is 4.79 Å². The third-order valence-corrected chi connectivity index (χ3v) is 7.02. The Morgan fingerprint density at radius 2 is 2.18 bits per heavy atom. The Morgan fingerprint density at radius 1 is 1.42 bits per heavy atom. The van der Waals surface area contributed by atoms with Crippen LogP contribution in [0.3, 0.4) is 0 Å². The molecule has 33 heavy (non-hydrogen) atoms. The van der Waals surface area contributed by atoms with Crippen molar-refractivity contribution >= 4 is 18.3 Å². The highest BCUT2D eigenvalue weighted by Gasteiger charge is 2.55. The SMILES string of the molecule is C/C=C(\C=C/CC(C)C1CC12CCCNC2)CNC(=O)c1c(CC)[nH]n1/C=C(/C)C=N.CC.[HH]. The summed E-state index contributed by atoms with van der Waals surface area (Å²) in [5.41, 5.74) is 4.04. The van der Waals surface area contributed by atoms with Crippen molar-refractivity contribution in [1.29, 1.82) is 5.41 Å². The molecule has 2 aliphatic rings. The number of nitrogens with zero attached hydrogens (tertiary/aromatic N) is 1. The molecule has 6 heteroatoms. The first-order valence-corrected chi connectivity index (χ1v) is 12.7. The fourth-order valence-corrected chi connectivity index (χ4v) is 4.96. The first-order chi connectivity index (χ1) is 15.9. The number of allylic oxidation sites excluding steroid dienone is 3. The zero-order chi connectivity index (χ0) is 24.4. The molecular weight excluding hydrogens is 410 g/mol. The minimum atomic E-state index is -0.0875. The van der Waals surface area contributed by atoms with Gasteiger partial charge in [-0.15, -0.1) is 0 Å². The molecule has 1 aliphatic carbocycles. The molecule has 1 saturated heterocycles. The predicted octanol–water partition coefficient (Wildman–Crippen LogP) is 5.81. The topological polar surface area (TPSA) is 85.7 Å². The second kappa shape index (κ2) is 12.8. The molecule has 0 radical (unpaired) electrons. The largest absolute Gasteiger partial charge is 0.347 e. The van der Waals surface area contributed by atoms with Crippen LogP contribution in [0.1, 0.15) is 84.8 Å². The Balaban J connectivity index is 0.00000188. The zero-order valence-corrected chi connectivity index (χ0v) is 21.6. The van der Waals surface area contributed by atoms with Gasteiger partial charge in [0.2, 0.25) is 0 Å². The van der Waals surface area contributed by atoms with E-state index >= 15 is 0 Å². The van der Waals surface area contributed by atoms with Crippen LogP contribution in [0.2, 0.25) is 0 Å². The number of nitrogens with one attached hydrogen (secondary N) is 4. The van der Waals surface area contributed by atoms with E-state index in [2.05, 4.69) is 40.9 Å². The molecule has 2 heterocycles. The lowest BCUT2D eigenvalue weighted by Crippen LogP contribution is -2.33. The van der Waals surface area contributed by atoms with Crippen molar-refractivity contribution in [3.05, 3.63) is 40.8 Å². The average molecular weight is 458 g/mol. The van der Waals surface area contributed by atoms with E-state index < -0.39 is 0 Å². The van der Waals surface area contributed by atoms with Crippen LogP contribution in [0.15, 0.2) is 29.4 Å². The normalized spacial score (nSPS) is 23.9. The van der Waals surface area contributed by atoms with Crippen molar-refractivity contribution in [1.82, 2.24) is 20.4 Å². The molecule has 1 aromatic rings. The maximum absolute atomic E-state index is 12.8. The number of hydrogen-bond donors (Lipinski definition) is 4. The van der Waals surface area contributed by atoms with Gasteiger partial charge < -0.3 is 16.0 Å². The molecule has 4 N–H and O–H groups in total. The van der Waals surface area contributed by atoms with Gasteiger partial charge in [-0.25, -0.2) is 0 Å². The van der Waals surface area contributed by atoms with Crippen molar-refractivity contribution in [2.24, 2.45) is 17.3 Å². The minimum Gasteiger partial charge on any atom is -0.347 e.